The van der Waals surface area contributed by atoms with Crippen molar-refractivity contribution in [3.8, 4) is 0 Å². The third-order valence-electron chi connectivity index (χ3n) is 1.68. The van der Waals surface area contributed by atoms with Crippen LogP contribution in [0.5, 0.6) is 0 Å². The second-order valence-corrected chi connectivity index (χ2v) is 2.80. The molecule has 0 fully saturated rings. The van der Waals surface area contributed by atoms with Crippen LogP contribution in [0.1, 0.15) is 25.2 Å². The maximum atomic E-state index is 11.1. The molecule has 1 unspecified atom stereocenters. The molecule has 0 aliphatic heterocycles. The van der Waals surface area contributed by atoms with Gasteiger partial charge in [-0.1, -0.05) is 0 Å². The first kappa shape index (κ1) is 9.73. The van der Waals surface area contributed by atoms with Gasteiger partial charge in [0.1, 0.15) is 5.82 Å². The van der Waals surface area contributed by atoms with E-state index in [2.05, 4.69) is 15.3 Å². The second-order valence-electron chi connectivity index (χ2n) is 2.80. The van der Waals surface area contributed by atoms with Crippen molar-refractivity contribution in [1.82, 2.24) is 15.3 Å². The molecule has 1 aromatic heterocycles. The van der Waals surface area contributed by atoms with Crippen molar-refractivity contribution in [3.63, 3.8) is 0 Å². The van der Waals surface area contributed by atoms with Gasteiger partial charge in [0.25, 0.3) is 0 Å². The first-order valence-corrected chi connectivity index (χ1v) is 4.22. The molecule has 0 radical (unpaired) electrons. The number of aromatic nitrogens is 2. The van der Waals surface area contributed by atoms with E-state index >= 15 is 0 Å². The predicted molar refractivity (Wildman–Crippen MR) is 48.8 cm³/mol. The van der Waals surface area contributed by atoms with Crippen LogP contribution in [0.2, 0.25) is 0 Å². The Labute approximate surface area is 76.7 Å². The summed E-state index contributed by atoms with van der Waals surface area (Å²) >= 11 is 0. The summed E-state index contributed by atoms with van der Waals surface area (Å²) in [6.07, 6.45) is 3.73. The van der Waals surface area contributed by atoms with Gasteiger partial charge in [0.05, 0.1) is 6.04 Å². The van der Waals surface area contributed by atoms with E-state index in [0.717, 1.165) is 5.82 Å². The standard InChI is InChI=1S/C8H14N4O/c1-6(8-10-4-5-11-8)12-7(13)2-3-9/h4-6H,2-3,9H2,1H3,(H,10,11)(H,12,13). The van der Waals surface area contributed by atoms with Crippen LogP contribution in [0.15, 0.2) is 12.4 Å². The fraction of sp³-hybridized carbons (Fsp3) is 0.500. The van der Waals surface area contributed by atoms with Gasteiger partial charge in [-0.2, -0.15) is 0 Å². The van der Waals surface area contributed by atoms with Crippen molar-refractivity contribution in [2.75, 3.05) is 6.54 Å². The predicted octanol–water partition coefficient (Wildman–Crippen LogP) is -0.0643. The van der Waals surface area contributed by atoms with Crippen LogP contribution in [0.3, 0.4) is 0 Å². The van der Waals surface area contributed by atoms with Gasteiger partial charge in [-0.15, -0.1) is 0 Å². The van der Waals surface area contributed by atoms with E-state index in [4.69, 9.17) is 5.73 Å². The highest BCUT2D eigenvalue weighted by Crippen LogP contribution is 2.04. The van der Waals surface area contributed by atoms with Gasteiger partial charge >= 0.3 is 0 Å². The quantitative estimate of drug-likeness (QED) is 0.609. The van der Waals surface area contributed by atoms with Gasteiger partial charge in [0, 0.05) is 25.4 Å². The van der Waals surface area contributed by atoms with Gasteiger partial charge in [-0.05, 0) is 6.92 Å². The van der Waals surface area contributed by atoms with Crippen molar-refractivity contribution in [2.45, 2.75) is 19.4 Å². The molecule has 0 saturated heterocycles. The number of hydrogen-bond donors (Lipinski definition) is 3. The Kier molecular flexibility index (Phi) is 3.45. The average molecular weight is 182 g/mol. The molecule has 1 aromatic rings. The van der Waals surface area contributed by atoms with Crippen LogP contribution in [-0.2, 0) is 4.79 Å². The summed E-state index contributed by atoms with van der Waals surface area (Å²) in [7, 11) is 0. The molecule has 0 spiro atoms. The second kappa shape index (κ2) is 4.61. The number of imidazole rings is 1. The number of rotatable bonds is 4. The molecule has 5 heteroatoms. The first-order valence-electron chi connectivity index (χ1n) is 4.22. The molecule has 1 rings (SSSR count). The number of carbonyl (C=O) groups is 1. The number of nitrogens with two attached hydrogens (primary N) is 1. The van der Waals surface area contributed by atoms with Crippen molar-refractivity contribution < 1.29 is 4.79 Å². The van der Waals surface area contributed by atoms with Crippen molar-refractivity contribution in [1.29, 1.82) is 0 Å². The van der Waals surface area contributed by atoms with Crippen LogP contribution in [0.4, 0.5) is 0 Å². The van der Waals surface area contributed by atoms with Gasteiger partial charge in [-0.25, -0.2) is 4.98 Å². The highest BCUT2D eigenvalue weighted by molar-refractivity contribution is 5.76. The fourth-order valence-corrected chi connectivity index (χ4v) is 1.03. The van der Waals surface area contributed by atoms with Gasteiger partial charge in [0.15, 0.2) is 0 Å². The van der Waals surface area contributed by atoms with E-state index in [9.17, 15) is 4.79 Å². The molecule has 5 nitrogen and oxygen atoms in total. The zero-order valence-corrected chi connectivity index (χ0v) is 7.58. The zero-order valence-electron chi connectivity index (χ0n) is 7.58. The van der Waals surface area contributed by atoms with Crippen molar-refractivity contribution in [2.24, 2.45) is 5.73 Å². The number of aromatic amines is 1. The van der Waals surface area contributed by atoms with E-state index in [-0.39, 0.29) is 11.9 Å². The Hall–Kier alpha value is -1.36. The molecule has 0 aliphatic carbocycles. The smallest absolute Gasteiger partial charge is 0.221 e. The molecule has 13 heavy (non-hydrogen) atoms. The number of hydrogen-bond acceptors (Lipinski definition) is 3. The summed E-state index contributed by atoms with van der Waals surface area (Å²) in [6.45, 7) is 2.24. The molecular weight excluding hydrogens is 168 g/mol. The number of nitrogens with zero attached hydrogens (tertiary/aromatic N) is 1. The summed E-state index contributed by atoms with van der Waals surface area (Å²) in [5, 5.41) is 2.77. The SMILES string of the molecule is CC(NC(=O)CCN)c1ncc[nH]1. The minimum absolute atomic E-state index is 0.0496. The first-order chi connectivity index (χ1) is 6.24. The maximum Gasteiger partial charge on any atom is 0.221 e. The highest BCUT2D eigenvalue weighted by Gasteiger charge is 2.09. The lowest BCUT2D eigenvalue weighted by molar-refractivity contribution is -0.121. The fourth-order valence-electron chi connectivity index (χ4n) is 1.03. The van der Waals surface area contributed by atoms with Crippen LogP contribution < -0.4 is 11.1 Å². The van der Waals surface area contributed by atoms with Crippen LogP contribution in [-0.4, -0.2) is 22.4 Å². The summed E-state index contributed by atoms with van der Waals surface area (Å²) < 4.78 is 0. The average Bonchev–Trinajstić information content (AvgIpc) is 2.55. The molecule has 1 atom stereocenters. The van der Waals surface area contributed by atoms with Crippen LogP contribution >= 0.6 is 0 Å². The topological polar surface area (TPSA) is 83.8 Å². The highest BCUT2D eigenvalue weighted by atomic mass is 16.1. The largest absolute Gasteiger partial charge is 0.347 e. The molecule has 0 aliphatic rings. The van der Waals surface area contributed by atoms with Crippen LogP contribution in [0, 0.1) is 0 Å². The molecule has 1 heterocycles. The maximum absolute atomic E-state index is 11.1. The minimum atomic E-state index is -0.0888. The van der Waals surface area contributed by atoms with Gasteiger partial charge in [0.2, 0.25) is 5.91 Å². The van der Waals surface area contributed by atoms with E-state index in [1.165, 1.54) is 0 Å². The Morgan fingerprint density at radius 3 is 3.15 bits per heavy atom. The van der Waals surface area contributed by atoms with Crippen LogP contribution in [0.25, 0.3) is 0 Å². The third-order valence-corrected chi connectivity index (χ3v) is 1.68. The molecule has 4 N–H and O–H groups in total. The van der Waals surface area contributed by atoms with E-state index in [0.29, 0.717) is 13.0 Å². The Morgan fingerprint density at radius 2 is 2.62 bits per heavy atom. The Bertz CT molecular complexity index is 257. The molecule has 0 aromatic carbocycles. The van der Waals surface area contributed by atoms with E-state index in [1.54, 1.807) is 12.4 Å². The number of carbonyl (C=O) groups excluding carboxylic acids is 1. The summed E-state index contributed by atoms with van der Waals surface area (Å²) in [4.78, 5) is 18.1. The Morgan fingerprint density at radius 1 is 1.85 bits per heavy atom. The monoisotopic (exact) mass is 182 g/mol. The number of amides is 1. The molecule has 1 amide bonds. The molecule has 72 valence electrons. The lowest BCUT2D eigenvalue weighted by atomic mass is 10.3. The molecule has 0 bridgehead atoms. The minimum Gasteiger partial charge on any atom is -0.347 e. The van der Waals surface area contributed by atoms with E-state index in [1.807, 2.05) is 6.92 Å². The number of nitrogens with one attached hydrogen (secondary N) is 2. The normalized spacial score (nSPS) is 12.5. The lowest BCUT2D eigenvalue weighted by Gasteiger charge is -2.10. The van der Waals surface area contributed by atoms with Crippen molar-refractivity contribution in [3.05, 3.63) is 18.2 Å². The lowest BCUT2D eigenvalue weighted by Crippen LogP contribution is -2.28. The van der Waals surface area contributed by atoms with Crippen molar-refractivity contribution >= 4 is 5.91 Å². The molecular formula is C8H14N4O. The zero-order chi connectivity index (χ0) is 9.68. The Balaban J connectivity index is 2.42. The summed E-state index contributed by atoms with van der Waals surface area (Å²) in [6, 6.07) is -0.0888. The summed E-state index contributed by atoms with van der Waals surface area (Å²) in [5.41, 5.74) is 5.24. The molecule has 0 saturated carbocycles. The summed E-state index contributed by atoms with van der Waals surface area (Å²) in [5.74, 6) is 0.705. The third kappa shape index (κ3) is 2.87. The number of H-pyrrole nitrogens is 1. The van der Waals surface area contributed by atoms with Gasteiger partial charge in [-0.3, -0.25) is 4.79 Å². The van der Waals surface area contributed by atoms with Gasteiger partial charge < -0.3 is 16.0 Å². The van der Waals surface area contributed by atoms with E-state index < -0.39 is 0 Å².